The maximum Gasteiger partial charge on any atom is 0.240 e. The van der Waals surface area contributed by atoms with Crippen LogP contribution in [0.2, 0.25) is 0 Å². The number of hydrogen-bond donors (Lipinski definition) is 2. The third-order valence-corrected chi connectivity index (χ3v) is 9.45. The van der Waals surface area contributed by atoms with Crippen molar-refractivity contribution in [3.05, 3.63) is 0 Å². The Morgan fingerprint density at radius 2 is 1.11 bits per heavy atom. The molecule has 8 heteroatoms. The van der Waals surface area contributed by atoms with Crippen molar-refractivity contribution in [2.45, 2.75) is 38.5 Å². The molecule has 0 radical (unpaired) electrons. The Hall–Kier alpha value is -0.440. The van der Waals surface area contributed by atoms with Crippen LogP contribution < -0.4 is 10.9 Å². The van der Waals surface area contributed by atoms with Crippen molar-refractivity contribution in [1.29, 1.82) is 0 Å². The minimum absolute atomic E-state index is 0.194. The van der Waals surface area contributed by atoms with E-state index in [9.17, 15) is 9.59 Å². The minimum Gasteiger partial charge on any atom is -0.288 e. The predicted octanol–water partition coefficient (Wildman–Crippen LogP) is 1.73. The maximum atomic E-state index is 13.4. The van der Waals surface area contributed by atoms with E-state index in [1.165, 1.54) is 6.42 Å². The molecule has 0 spiro atoms. The highest BCUT2D eigenvalue weighted by Gasteiger charge is 2.63. The van der Waals surface area contributed by atoms with E-state index in [2.05, 4.69) is 20.9 Å². The van der Waals surface area contributed by atoms with Crippen molar-refractivity contribution in [3.8, 4) is 0 Å². The first-order valence-corrected chi connectivity index (χ1v) is 13.2. The summed E-state index contributed by atoms with van der Waals surface area (Å²) in [4.78, 5) is 26.8. The Bertz CT molecular complexity index is 570. The zero-order valence-electron chi connectivity index (χ0n) is 16.6. The summed E-state index contributed by atoms with van der Waals surface area (Å²) in [6, 6.07) is 0. The van der Waals surface area contributed by atoms with Crippen LogP contribution in [0.1, 0.15) is 38.5 Å². The summed E-state index contributed by atoms with van der Waals surface area (Å²) in [5.74, 6) is 5.79. The van der Waals surface area contributed by atoms with Crippen LogP contribution in [0.3, 0.4) is 0 Å². The van der Waals surface area contributed by atoms with Crippen molar-refractivity contribution in [2.75, 3.05) is 49.2 Å². The molecule has 2 saturated heterocycles. The molecule has 0 aromatic rings. The third kappa shape index (κ3) is 3.59. The number of nitrogens with one attached hydrogen (secondary N) is 2. The van der Waals surface area contributed by atoms with Crippen LogP contribution in [0.25, 0.3) is 0 Å². The van der Waals surface area contributed by atoms with Gasteiger partial charge in [-0.2, -0.15) is 23.5 Å². The third-order valence-electron chi connectivity index (χ3n) is 7.57. The highest BCUT2D eigenvalue weighted by Crippen LogP contribution is 2.65. The number of nitrogens with zero attached hydrogens (tertiary/aromatic N) is 2. The Kier molecular flexibility index (Phi) is 5.35. The van der Waals surface area contributed by atoms with Gasteiger partial charge in [0, 0.05) is 49.2 Å². The van der Waals surface area contributed by atoms with Crippen LogP contribution in [-0.4, -0.2) is 71.0 Å². The normalized spacial score (nSPS) is 41.0. The Balaban J connectivity index is 1.31. The Morgan fingerprint density at radius 1 is 0.714 bits per heavy atom. The first-order valence-electron chi connectivity index (χ1n) is 10.8. The van der Waals surface area contributed by atoms with Crippen molar-refractivity contribution in [2.24, 2.45) is 22.7 Å². The van der Waals surface area contributed by atoms with Gasteiger partial charge in [0.05, 0.1) is 10.8 Å². The number of carbonyl (C=O) groups excluding carboxylic acids is 2. The molecule has 4 saturated carbocycles. The van der Waals surface area contributed by atoms with Crippen LogP contribution in [0.5, 0.6) is 0 Å². The summed E-state index contributed by atoms with van der Waals surface area (Å²) in [5.41, 5.74) is 5.84. The van der Waals surface area contributed by atoms with Gasteiger partial charge in [0.1, 0.15) is 0 Å². The zero-order chi connectivity index (χ0) is 19.2. The van der Waals surface area contributed by atoms with Gasteiger partial charge in [-0.25, -0.2) is 10.0 Å². The highest BCUT2D eigenvalue weighted by atomic mass is 32.2. The summed E-state index contributed by atoms with van der Waals surface area (Å²) in [5, 5.41) is 4.21. The number of thioether (sulfide) groups is 2. The summed E-state index contributed by atoms with van der Waals surface area (Å²) in [7, 11) is 0. The molecule has 6 nitrogen and oxygen atoms in total. The number of rotatable bonds is 4. The molecule has 156 valence electrons. The lowest BCUT2D eigenvalue weighted by molar-refractivity contribution is -0.172. The highest BCUT2D eigenvalue weighted by molar-refractivity contribution is 7.99. The summed E-state index contributed by atoms with van der Waals surface area (Å²) < 4.78 is 0. The van der Waals surface area contributed by atoms with Crippen LogP contribution in [0.4, 0.5) is 0 Å². The second kappa shape index (κ2) is 7.67. The van der Waals surface area contributed by atoms with E-state index in [0.29, 0.717) is 11.8 Å². The zero-order valence-corrected chi connectivity index (χ0v) is 18.2. The van der Waals surface area contributed by atoms with Gasteiger partial charge < -0.3 is 0 Å². The van der Waals surface area contributed by atoms with Gasteiger partial charge in [0.15, 0.2) is 0 Å². The fourth-order valence-corrected chi connectivity index (χ4v) is 8.47. The predicted molar refractivity (Wildman–Crippen MR) is 114 cm³/mol. The molecule has 2 amide bonds. The van der Waals surface area contributed by atoms with E-state index >= 15 is 0 Å². The van der Waals surface area contributed by atoms with Gasteiger partial charge in [0.2, 0.25) is 11.8 Å². The molecule has 2 aliphatic heterocycles. The van der Waals surface area contributed by atoms with Crippen molar-refractivity contribution < 1.29 is 9.59 Å². The number of hydrogen-bond acceptors (Lipinski definition) is 6. The molecule has 4 aliphatic carbocycles. The van der Waals surface area contributed by atoms with E-state index in [1.807, 2.05) is 23.5 Å². The molecule has 0 aromatic heterocycles. The van der Waals surface area contributed by atoms with Crippen LogP contribution in [0.15, 0.2) is 0 Å². The molecule has 0 atom stereocenters. The SMILES string of the molecule is O=C(NN1CCSCC1)C12CC3CC(C1)CC(C(=O)NN1CCSCC1)(C3)C2. The van der Waals surface area contributed by atoms with Gasteiger partial charge in [-0.15, -0.1) is 0 Å². The minimum atomic E-state index is -0.330. The second-order valence-electron chi connectivity index (χ2n) is 9.60. The lowest BCUT2D eigenvalue weighted by Gasteiger charge is -2.60. The van der Waals surface area contributed by atoms with E-state index in [1.54, 1.807) is 0 Å². The van der Waals surface area contributed by atoms with Crippen LogP contribution in [-0.2, 0) is 9.59 Å². The van der Waals surface area contributed by atoms with Crippen LogP contribution in [0, 0.1) is 22.7 Å². The van der Waals surface area contributed by atoms with Crippen LogP contribution >= 0.6 is 23.5 Å². The average molecular weight is 425 g/mol. The first-order chi connectivity index (χ1) is 13.6. The second-order valence-corrected chi connectivity index (χ2v) is 12.1. The fraction of sp³-hybridized carbons (Fsp3) is 0.900. The molecule has 6 aliphatic rings. The number of carbonyl (C=O) groups is 2. The van der Waals surface area contributed by atoms with E-state index in [-0.39, 0.29) is 22.6 Å². The van der Waals surface area contributed by atoms with Gasteiger partial charge in [-0.3, -0.25) is 20.4 Å². The largest absolute Gasteiger partial charge is 0.288 e. The average Bonchev–Trinajstić information content (AvgIpc) is 2.68. The summed E-state index contributed by atoms with van der Waals surface area (Å²) in [6.07, 6.45) is 5.88. The molecule has 6 fully saturated rings. The Labute approximate surface area is 176 Å². The van der Waals surface area contributed by atoms with Gasteiger partial charge in [-0.1, -0.05) is 0 Å². The molecule has 2 N–H and O–H groups in total. The lowest BCUT2D eigenvalue weighted by Crippen LogP contribution is -2.64. The standard InChI is InChI=1S/C20H32N4O2S2/c25-17(21-23-1-5-27-6-2-23)19-10-15-9-16(11-19)13-20(12-15,14-19)18(26)22-24-3-7-28-8-4-24/h15-16H,1-14H2,(H,21,25)(H,22,26). The molecular formula is C20H32N4O2S2. The van der Waals surface area contributed by atoms with Gasteiger partial charge >= 0.3 is 0 Å². The summed E-state index contributed by atoms with van der Waals surface area (Å²) >= 11 is 3.91. The molecule has 2 heterocycles. The van der Waals surface area contributed by atoms with Gasteiger partial charge in [0.25, 0.3) is 0 Å². The molecule has 4 bridgehead atoms. The topological polar surface area (TPSA) is 64.7 Å². The van der Waals surface area contributed by atoms with E-state index in [0.717, 1.165) is 81.3 Å². The molecular weight excluding hydrogens is 392 g/mol. The van der Waals surface area contributed by atoms with E-state index < -0.39 is 0 Å². The molecule has 6 rings (SSSR count). The first kappa shape index (κ1) is 19.5. The fourth-order valence-electron chi connectivity index (χ4n) is 6.67. The molecule has 0 aromatic carbocycles. The summed E-state index contributed by atoms with van der Waals surface area (Å²) in [6.45, 7) is 3.71. The van der Waals surface area contributed by atoms with Gasteiger partial charge in [-0.05, 0) is 50.4 Å². The Morgan fingerprint density at radius 3 is 1.50 bits per heavy atom. The number of hydrazine groups is 2. The van der Waals surface area contributed by atoms with Crippen molar-refractivity contribution >= 4 is 35.3 Å². The number of amides is 2. The quantitative estimate of drug-likeness (QED) is 0.717. The lowest BCUT2D eigenvalue weighted by atomic mass is 9.43. The van der Waals surface area contributed by atoms with E-state index in [4.69, 9.17) is 0 Å². The van der Waals surface area contributed by atoms with Crippen molar-refractivity contribution in [1.82, 2.24) is 20.9 Å². The monoisotopic (exact) mass is 424 g/mol. The smallest absolute Gasteiger partial charge is 0.240 e. The van der Waals surface area contributed by atoms with Crippen molar-refractivity contribution in [3.63, 3.8) is 0 Å². The molecule has 0 unspecified atom stereocenters. The maximum absolute atomic E-state index is 13.4. The molecule has 28 heavy (non-hydrogen) atoms.